The van der Waals surface area contributed by atoms with E-state index >= 15 is 0 Å². The molecule has 20 heavy (non-hydrogen) atoms. The fourth-order valence-corrected chi connectivity index (χ4v) is 4.54. The molecule has 3 atom stereocenters. The van der Waals surface area contributed by atoms with Gasteiger partial charge in [-0.3, -0.25) is 9.69 Å². The third-order valence-electron chi connectivity index (χ3n) is 5.47. The highest BCUT2D eigenvalue weighted by molar-refractivity contribution is 5.83. The Morgan fingerprint density at radius 2 is 2.05 bits per heavy atom. The molecule has 1 aromatic rings. The number of ketones is 1. The smallest absolute Gasteiger partial charge is 0.139 e. The van der Waals surface area contributed by atoms with Gasteiger partial charge in [0.1, 0.15) is 11.6 Å². The molecule has 3 unspecified atom stereocenters. The van der Waals surface area contributed by atoms with E-state index in [0.29, 0.717) is 18.2 Å². The molecule has 1 saturated heterocycles. The Bertz CT molecular complexity index is 556. The largest absolute Gasteiger partial charge is 0.299 e. The Morgan fingerprint density at radius 3 is 2.95 bits per heavy atom. The quantitative estimate of drug-likeness (QED) is 0.723. The first kappa shape index (κ1) is 12.5. The summed E-state index contributed by atoms with van der Waals surface area (Å²) in [4.78, 5) is 15.0. The number of hydrogen-bond donors (Lipinski definition) is 0. The number of piperidine rings is 1. The minimum Gasteiger partial charge on any atom is -0.299 e. The van der Waals surface area contributed by atoms with Gasteiger partial charge in [0, 0.05) is 31.0 Å². The minimum absolute atomic E-state index is 0.126. The van der Waals surface area contributed by atoms with Crippen molar-refractivity contribution in [2.75, 3.05) is 6.54 Å². The zero-order valence-corrected chi connectivity index (χ0v) is 11.6. The lowest BCUT2D eigenvalue weighted by molar-refractivity contribution is -0.134. The molecule has 2 fully saturated rings. The molecule has 3 aliphatic rings. The van der Waals surface area contributed by atoms with Crippen LogP contribution in [0.25, 0.3) is 0 Å². The number of hydrogen-bond acceptors (Lipinski definition) is 2. The van der Waals surface area contributed by atoms with Crippen LogP contribution in [0.1, 0.15) is 49.3 Å². The standard InChI is InChI=1S/C17H20FNO/c18-12-6-5-11-7-8-19-15-4-2-1-3-13(15)17(20)10-16(19)14(11)9-12/h5-6,9,13,15-16H,1-4,7-8,10H2. The number of carbonyl (C=O) groups excluding carboxylic acids is 1. The van der Waals surface area contributed by atoms with E-state index in [9.17, 15) is 9.18 Å². The van der Waals surface area contributed by atoms with E-state index in [1.54, 1.807) is 12.1 Å². The average Bonchev–Trinajstić information content (AvgIpc) is 2.47. The molecule has 0 aromatic heterocycles. The summed E-state index contributed by atoms with van der Waals surface area (Å²) in [6.45, 7) is 1.03. The van der Waals surface area contributed by atoms with Crippen LogP contribution < -0.4 is 0 Å². The van der Waals surface area contributed by atoms with E-state index in [-0.39, 0.29) is 17.8 Å². The predicted molar refractivity (Wildman–Crippen MR) is 74.9 cm³/mol. The molecule has 0 amide bonds. The number of nitrogens with zero attached hydrogens (tertiary/aromatic N) is 1. The van der Waals surface area contributed by atoms with Crippen LogP contribution in [0.2, 0.25) is 0 Å². The zero-order chi connectivity index (χ0) is 13.7. The molecule has 1 aliphatic carbocycles. The number of carbonyl (C=O) groups is 1. The van der Waals surface area contributed by atoms with Crippen molar-refractivity contribution >= 4 is 5.78 Å². The molecule has 1 aromatic carbocycles. The maximum Gasteiger partial charge on any atom is 0.139 e. The summed E-state index contributed by atoms with van der Waals surface area (Å²) < 4.78 is 13.6. The van der Waals surface area contributed by atoms with Gasteiger partial charge in [0.05, 0.1) is 0 Å². The van der Waals surface area contributed by atoms with Crippen LogP contribution in [0.4, 0.5) is 4.39 Å². The van der Waals surface area contributed by atoms with Crippen molar-refractivity contribution < 1.29 is 9.18 Å². The second kappa shape index (κ2) is 4.66. The average molecular weight is 273 g/mol. The van der Waals surface area contributed by atoms with Crippen molar-refractivity contribution in [3.05, 3.63) is 35.1 Å². The molecule has 0 radical (unpaired) electrons. The van der Waals surface area contributed by atoms with E-state index in [1.807, 2.05) is 6.07 Å². The highest BCUT2D eigenvalue weighted by Crippen LogP contribution is 2.44. The van der Waals surface area contributed by atoms with Crippen LogP contribution in [0.3, 0.4) is 0 Å². The first-order valence-electron chi connectivity index (χ1n) is 7.81. The molecular weight excluding hydrogens is 253 g/mol. The first-order valence-corrected chi connectivity index (χ1v) is 7.81. The van der Waals surface area contributed by atoms with E-state index in [2.05, 4.69) is 4.90 Å². The Labute approximate surface area is 119 Å². The summed E-state index contributed by atoms with van der Waals surface area (Å²) in [7, 11) is 0. The van der Waals surface area contributed by atoms with E-state index in [1.165, 1.54) is 18.4 Å². The van der Waals surface area contributed by atoms with Gasteiger partial charge in [-0.1, -0.05) is 18.9 Å². The summed E-state index contributed by atoms with van der Waals surface area (Å²) in [5, 5.41) is 0. The lowest BCUT2D eigenvalue weighted by Crippen LogP contribution is -2.54. The predicted octanol–water partition coefficient (Wildman–Crippen LogP) is 3.26. The Hall–Kier alpha value is -1.22. The third kappa shape index (κ3) is 1.83. The molecule has 4 rings (SSSR count). The lowest BCUT2D eigenvalue weighted by Gasteiger charge is -2.50. The number of Topliss-reactive ketones (excluding diaryl/α,β-unsaturated/α-hetero) is 1. The second-order valence-electron chi connectivity index (χ2n) is 6.48. The van der Waals surface area contributed by atoms with Crippen molar-refractivity contribution in [2.24, 2.45) is 5.92 Å². The minimum atomic E-state index is -0.177. The molecule has 3 heteroatoms. The van der Waals surface area contributed by atoms with Crippen LogP contribution in [-0.4, -0.2) is 23.3 Å². The molecule has 2 heterocycles. The maximum atomic E-state index is 13.6. The number of benzene rings is 1. The van der Waals surface area contributed by atoms with Gasteiger partial charge < -0.3 is 0 Å². The van der Waals surface area contributed by atoms with E-state index < -0.39 is 0 Å². The first-order chi connectivity index (χ1) is 9.74. The van der Waals surface area contributed by atoms with Crippen LogP contribution in [-0.2, 0) is 11.2 Å². The molecule has 2 nitrogen and oxygen atoms in total. The summed E-state index contributed by atoms with van der Waals surface area (Å²) in [6, 6.07) is 5.64. The molecular formula is C17H20FNO. The molecule has 0 N–H and O–H groups in total. The Morgan fingerprint density at radius 1 is 1.20 bits per heavy atom. The third-order valence-corrected chi connectivity index (χ3v) is 5.47. The van der Waals surface area contributed by atoms with Crippen LogP contribution in [0.15, 0.2) is 18.2 Å². The summed E-state index contributed by atoms with van der Waals surface area (Å²) in [5.74, 6) is 0.479. The topological polar surface area (TPSA) is 20.3 Å². The molecule has 106 valence electrons. The number of rotatable bonds is 0. The second-order valence-corrected chi connectivity index (χ2v) is 6.48. The van der Waals surface area contributed by atoms with E-state index in [4.69, 9.17) is 0 Å². The van der Waals surface area contributed by atoms with Crippen molar-refractivity contribution in [3.8, 4) is 0 Å². The normalized spacial score (nSPS) is 33.2. The molecule has 0 spiro atoms. The Balaban J connectivity index is 1.73. The lowest BCUT2D eigenvalue weighted by atomic mass is 9.72. The van der Waals surface area contributed by atoms with Crippen LogP contribution >= 0.6 is 0 Å². The highest BCUT2D eigenvalue weighted by atomic mass is 19.1. The van der Waals surface area contributed by atoms with Crippen LogP contribution in [0.5, 0.6) is 0 Å². The van der Waals surface area contributed by atoms with Gasteiger partial charge >= 0.3 is 0 Å². The fourth-order valence-electron chi connectivity index (χ4n) is 4.54. The van der Waals surface area contributed by atoms with Crippen molar-refractivity contribution in [1.29, 1.82) is 0 Å². The number of halogens is 1. The zero-order valence-electron chi connectivity index (χ0n) is 11.6. The monoisotopic (exact) mass is 273 g/mol. The van der Waals surface area contributed by atoms with Gasteiger partial charge in [-0.2, -0.15) is 0 Å². The Kier molecular flexibility index (Phi) is 2.92. The SMILES string of the molecule is O=C1CC2c3cc(F)ccc3CCN2C2CCCCC12. The number of fused-ring (bicyclic) bond motifs is 5. The van der Waals surface area contributed by atoms with Gasteiger partial charge in [-0.25, -0.2) is 4.39 Å². The van der Waals surface area contributed by atoms with Gasteiger partial charge in [-0.05, 0) is 42.5 Å². The molecule has 1 saturated carbocycles. The summed E-state index contributed by atoms with van der Waals surface area (Å²) >= 11 is 0. The van der Waals surface area contributed by atoms with Gasteiger partial charge in [0.2, 0.25) is 0 Å². The van der Waals surface area contributed by atoms with Gasteiger partial charge in [0.25, 0.3) is 0 Å². The van der Waals surface area contributed by atoms with E-state index in [0.717, 1.165) is 31.4 Å². The van der Waals surface area contributed by atoms with Crippen molar-refractivity contribution in [3.63, 3.8) is 0 Å². The summed E-state index contributed by atoms with van der Waals surface area (Å²) in [5.41, 5.74) is 2.29. The molecule has 0 bridgehead atoms. The fraction of sp³-hybridized carbons (Fsp3) is 0.588. The van der Waals surface area contributed by atoms with Gasteiger partial charge in [-0.15, -0.1) is 0 Å². The van der Waals surface area contributed by atoms with Crippen LogP contribution in [0, 0.1) is 11.7 Å². The van der Waals surface area contributed by atoms with Crippen molar-refractivity contribution in [2.45, 2.75) is 50.6 Å². The highest BCUT2D eigenvalue weighted by Gasteiger charge is 2.45. The maximum absolute atomic E-state index is 13.6. The molecule has 2 aliphatic heterocycles. The summed E-state index contributed by atoms with van der Waals surface area (Å²) in [6.07, 6.45) is 6.19. The van der Waals surface area contributed by atoms with Gasteiger partial charge in [0.15, 0.2) is 0 Å². The van der Waals surface area contributed by atoms with Crippen molar-refractivity contribution in [1.82, 2.24) is 4.90 Å².